The second kappa shape index (κ2) is 5.43. The second-order valence-corrected chi connectivity index (χ2v) is 5.32. The van der Waals surface area contributed by atoms with Gasteiger partial charge in [0.2, 0.25) is 0 Å². The van der Waals surface area contributed by atoms with E-state index in [1.165, 1.54) is 0 Å². The summed E-state index contributed by atoms with van der Waals surface area (Å²) in [5.74, 6) is 0.641. The van der Waals surface area contributed by atoms with E-state index in [9.17, 15) is 0 Å². The molecule has 84 valence electrons. The minimum absolute atomic E-state index is 0.110. The van der Waals surface area contributed by atoms with Crippen LogP contribution in [0.2, 0.25) is 10.0 Å². The van der Waals surface area contributed by atoms with E-state index in [2.05, 4.69) is 13.8 Å². The van der Waals surface area contributed by atoms with Crippen LogP contribution in [0.3, 0.4) is 0 Å². The van der Waals surface area contributed by atoms with Crippen LogP contribution >= 0.6 is 34.8 Å². The Morgan fingerprint density at radius 2 is 1.93 bits per heavy atom. The minimum Gasteiger partial charge on any atom is -0.126 e. The van der Waals surface area contributed by atoms with Gasteiger partial charge in [0.05, 0.1) is 0 Å². The first kappa shape index (κ1) is 13.2. The third-order valence-corrected chi connectivity index (χ3v) is 4.04. The van der Waals surface area contributed by atoms with E-state index in [1.54, 1.807) is 6.07 Å². The average molecular weight is 266 g/mol. The lowest BCUT2D eigenvalue weighted by Gasteiger charge is -2.25. The molecule has 1 aromatic rings. The molecule has 1 atom stereocenters. The normalized spacial score (nSPS) is 15.0. The van der Waals surface area contributed by atoms with Crippen molar-refractivity contribution in [1.82, 2.24) is 0 Å². The van der Waals surface area contributed by atoms with Crippen LogP contribution in [-0.2, 0) is 6.42 Å². The Morgan fingerprint density at radius 1 is 1.27 bits per heavy atom. The van der Waals surface area contributed by atoms with Crippen LogP contribution in [0, 0.1) is 5.41 Å². The summed E-state index contributed by atoms with van der Waals surface area (Å²) in [6.07, 6.45) is 1.93. The minimum atomic E-state index is 0.110. The van der Waals surface area contributed by atoms with Gasteiger partial charge in [0.1, 0.15) is 0 Å². The Kier molecular flexibility index (Phi) is 4.76. The van der Waals surface area contributed by atoms with Crippen molar-refractivity contribution in [2.75, 3.05) is 5.88 Å². The van der Waals surface area contributed by atoms with Gasteiger partial charge in [-0.1, -0.05) is 43.1 Å². The fourth-order valence-corrected chi connectivity index (χ4v) is 2.15. The smallest absolute Gasteiger partial charge is 0.0453 e. The number of hydrogen-bond donors (Lipinski definition) is 0. The summed E-state index contributed by atoms with van der Waals surface area (Å²) in [5.41, 5.74) is 1.23. The fraction of sp³-hybridized carbons (Fsp3) is 0.500. The highest BCUT2D eigenvalue weighted by Crippen LogP contribution is 2.31. The summed E-state index contributed by atoms with van der Waals surface area (Å²) in [6.45, 7) is 4.32. The molecule has 0 aliphatic carbocycles. The largest absolute Gasteiger partial charge is 0.126 e. The number of alkyl halides is 1. The molecule has 0 amide bonds. The van der Waals surface area contributed by atoms with Gasteiger partial charge < -0.3 is 0 Å². The predicted octanol–water partition coefficient (Wildman–Crippen LogP) is 5.19. The summed E-state index contributed by atoms with van der Waals surface area (Å²) in [4.78, 5) is 0. The lowest BCUT2D eigenvalue weighted by molar-refractivity contribution is 0.355. The van der Waals surface area contributed by atoms with Gasteiger partial charge in [-0.2, -0.15) is 0 Å². The molecule has 1 unspecified atom stereocenters. The molecule has 0 spiro atoms. The summed E-state index contributed by atoms with van der Waals surface area (Å²) >= 11 is 17.9. The fourth-order valence-electron chi connectivity index (χ4n) is 1.39. The SMILES string of the molecule is CCC(C)(CCl)Cc1ccc(Cl)cc1Cl. The highest BCUT2D eigenvalue weighted by molar-refractivity contribution is 6.35. The number of rotatable bonds is 4. The third-order valence-electron chi connectivity index (χ3n) is 2.81. The highest BCUT2D eigenvalue weighted by atomic mass is 35.5. The zero-order chi connectivity index (χ0) is 11.5. The summed E-state index contributed by atoms with van der Waals surface area (Å²) in [7, 11) is 0. The topological polar surface area (TPSA) is 0 Å². The van der Waals surface area contributed by atoms with Crippen LogP contribution < -0.4 is 0 Å². The van der Waals surface area contributed by atoms with Crippen molar-refractivity contribution >= 4 is 34.8 Å². The molecule has 0 radical (unpaired) electrons. The number of benzene rings is 1. The van der Waals surface area contributed by atoms with Gasteiger partial charge in [0.15, 0.2) is 0 Å². The Morgan fingerprint density at radius 3 is 2.40 bits per heavy atom. The van der Waals surface area contributed by atoms with Crippen molar-refractivity contribution in [3.63, 3.8) is 0 Å². The van der Waals surface area contributed by atoms with E-state index in [0.29, 0.717) is 10.9 Å². The molecule has 0 fully saturated rings. The van der Waals surface area contributed by atoms with Crippen molar-refractivity contribution in [1.29, 1.82) is 0 Å². The second-order valence-electron chi connectivity index (χ2n) is 4.21. The summed E-state index contributed by atoms with van der Waals surface area (Å²) in [6, 6.07) is 5.63. The molecule has 3 heteroatoms. The molecule has 0 aliphatic heterocycles. The molecule has 0 N–H and O–H groups in total. The molecule has 0 saturated carbocycles. The molecule has 1 rings (SSSR count). The molecule has 0 heterocycles. The molecule has 0 aromatic heterocycles. The lowest BCUT2D eigenvalue weighted by atomic mass is 9.83. The summed E-state index contributed by atoms with van der Waals surface area (Å²) in [5, 5.41) is 1.40. The van der Waals surface area contributed by atoms with Crippen LogP contribution in [0.25, 0.3) is 0 Å². The first-order valence-corrected chi connectivity index (χ1v) is 6.30. The Bertz CT molecular complexity index is 330. The number of hydrogen-bond acceptors (Lipinski definition) is 0. The Balaban J connectivity index is 2.89. The maximum Gasteiger partial charge on any atom is 0.0453 e. The predicted molar refractivity (Wildman–Crippen MR) is 69.3 cm³/mol. The first-order chi connectivity index (χ1) is 7.00. The molecule has 0 saturated heterocycles. The van der Waals surface area contributed by atoms with Crippen LogP contribution in [0.4, 0.5) is 0 Å². The zero-order valence-corrected chi connectivity index (χ0v) is 11.3. The van der Waals surface area contributed by atoms with Crippen molar-refractivity contribution in [3.05, 3.63) is 33.8 Å². The van der Waals surface area contributed by atoms with E-state index in [1.807, 2.05) is 12.1 Å². The molecule has 0 aliphatic rings. The van der Waals surface area contributed by atoms with Gasteiger partial charge >= 0.3 is 0 Å². The van der Waals surface area contributed by atoms with Gasteiger partial charge in [0.25, 0.3) is 0 Å². The van der Waals surface area contributed by atoms with Crippen LogP contribution in [-0.4, -0.2) is 5.88 Å². The van der Waals surface area contributed by atoms with E-state index in [0.717, 1.165) is 23.4 Å². The molecular weight excluding hydrogens is 250 g/mol. The Hall–Kier alpha value is 0.0900. The lowest BCUT2D eigenvalue weighted by Crippen LogP contribution is -2.20. The Labute approximate surface area is 107 Å². The third kappa shape index (κ3) is 3.55. The van der Waals surface area contributed by atoms with Crippen LogP contribution in [0.5, 0.6) is 0 Å². The van der Waals surface area contributed by atoms with Gasteiger partial charge in [0, 0.05) is 15.9 Å². The van der Waals surface area contributed by atoms with Gasteiger partial charge in [-0.3, -0.25) is 0 Å². The van der Waals surface area contributed by atoms with Crippen molar-refractivity contribution in [3.8, 4) is 0 Å². The molecule has 1 aromatic carbocycles. The first-order valence-electron chi connectivity index (χ1n) is 5.00. The molecule has 0 bridgehead atoms. The average Bonchev–Trinajstić information content (AvgIpc) is 2.22. The van der Waals surface area contributed by atoms with E-state index < -0.39 is 0 Å². The molecule has 0 nitrogen and oxygen atoms in total. The maximum absolute atomic E-state index is 6.12. The van der Waals surface area contributed by atoms with Crippen LogP contribution in [0.15, 0.2) is 18.2 Å². The van der Waals surface area contributed by atoms with Gasteiger partial charge in [-0.05, 0) is 36.0 Å². The van der Waals surface area contributed by atoms with E-state index in [4.69, 9.17) is 34.8 Å². The van der Waals surface area contributed by atoms with E-state index in [-0.39, 0.29) is 5.41 Å². The summed E-state index contributed by atoms with van der Waals surface area (Å²) < 4.78 is 0. The van der Waals surface area contributed by atoms with E-state index >= 15 is 0 Å². The van der Waals surface area contributed by atoms with Crippen molar-refractivity contribution in [2.24, 2.45) is 5.41 Å². The monoisotopic (exact) mass is 264 g/mol. The zero-order valence-electron chi connectivity index (χ0n) is 8.99. The number of halogens is 3. The molecular formula is C12H15Cl3. The van der Waals surface area contributed by atoms with Crippen molar-refractivity contribution in [2.45, 2.75) is 26.7 Å². The quantitative estimate of drug-likeness (QED) is 0.657. The highest BCUT2D eigenvalue weighted by Gasteiger charge is 2.22. The van der Waals surface area contributed by atoms with Crippen molar-refractivity contribution < 1.29 is 0 Å². The van der Waals surface area contributed by atoms with Gasteiger partial charge in [-0.15, -0.1) is 11.6 Å². The van der Waals surface area contributed by atoms with Gasteiger partial charge in [-0.25, -0.2) is 0 Å². The molecule has 15 heavy (non-hydrogen) atoms. The maximum atomic E-state index is 6.12. The van der Waals surface area contributed by atoms with Crippen LogP contribution in [0.1, 0.15) is 25.8 Å². The standard InChI is InChI=1S/C12H15Cl3/c1-3-12(2,8-13)7-9-4-5-10(14)6-11(9)15/h4-6H,3,7-8H2,1-2H3.